The van der Waals surface area contributed by atoms with Gasteiger partial charge >= 0.3 is 5.76 Å². The molecule has 2 aromatic carbocycles. The third kappa shape index (κ3) is 6.11. The Morgan fingerprint density at radius 3 is 2.39 bits per heavy atom. The second-order valence-corrected chi connectivity index (χ2v) is 8.86. The van der Waals surface area contributed by atoms with Gasteiger partial charge in [0.2, 0.25) is 5.91 Å². The number of amides is 1. The fraction of sp³-hybridized carbons (Fsp3) is 0.423. The molecule has 0 spiro atoms. The van der Waals surface area contributed by atoms with Gasteiger partial charge in [-0.15, -0.1) is 0 Å². The summed E-state index contributed by atoms with van der Waals surface area (Å²) in [6.07, 6.45) is 7.79. The fourth-order valence-corrected chi connectivity index (χ4v) is 4.51. The Morgan fingerprint density at radius 2 is 1.73 bits per heavy atom. The third-order valence-corrected chi connectivity index (χ3v) is 6.43. The Kier molecular flexibility index (Phi) is 8.07. The first kappa shape index (κ1) is 24.3. The van der Waals surface area contributed by atoms with Crippen LogP contribution in [0.25, 0.3) is 22.2 Å². The largest absolute Gasteiger partial charge is 0.419 e. The van der Waals surface area contributed by atoms with Crippen LogP contribution >= 0.6 is 0 Å². The van der Waals surface area contributed by atoms with E-state index in [1.165, 1.54) is 17.4 Å². The van der Waals surface area contributed by atoms with Gasteiger partial charge in [0, 0.05) is 32.1 Å². The number of aryl methyl sites for hydroxylation is 1. The predicted octanol–water partition coefficient (Wildman–Crippen LogP) is 4.04. The minimum absolute atomic E-state index is 0.0556. The third-order valence-electron chi connectivity index (χ3n) is 6.43. The van der Waals surface area contributed by atoms with Gasteiger partial charge in [-0.2, -0.15) is 0 Å². The smallest absolute Gasteiger partial charge is 0.408 e. The predicted molar refractivity (Wildman–Crippen MR) is 130 cm³/mol. The number of hydrogen-bond donors (Lipinski definition) is 2. The monoisotopic (exact) mass is 448 g/mol. The van der Waals surface area contributed by atoms with Gasteiger partial charge in [-0.05, 0) is 48.1 Å². The number of carbonyl (C=O) groups excluding carboxylic acids is 1. The minimum atomic E-state index is -0.357. The summed E-state index contributed by atoms with van der Waals surface area (Å²) >= 11 is 0. The van der Waals surface area contributed by atoms with Crippen LogP contribution in [-0.2, 0) is 18.3 Å². The molecule has 1 saturated carbocycles. The molecule has 0 atom stereocenters. The number of oxazole rings is 1. The highest BCUT2D eigenvalue weighted by Crippen LogP contribution is 2.27. The van der Waals surface area contributed by atoms with Crippen molar-refractivity contribution in [2.75, 3.05) is 6.54 Å². The highest BCUT2D eigenvalue weighted by molar-refractivity contribution is 5.80. The SMILES string of the molecule is C#N.Cn1c(=O)oc2ccc(-c3ccc(CCNC(=O)CC4(N)CCCCCC4)cc3)cc21. The van der Waals surface area contributed by atoms with Crippen molar-refractivity contribution in [1.82, 2.24) is 9.88 Å². The van der Waals surface area contributed by atoms with E-state index in [1.54, 1.807) is 7.05 Å². The van der Waals surface area contributed by atoms with E-state index in [0.717, 1.165) is 54.3 Å². The average molecular weight is 449 g/mol. The molecule has 7 heteroatoms. The number of carbonyl (C=O) groups is 1. The number of nitrogens with two attached hydrogens (primary N) is 1. The number of nitriles is 1. The van der Waals surface area contributed by atoms with Crippen molar-refractivity contribution in [2.24, 2.45) is 12.8 Å². The molecule has 4 rings (SSSR count). The number of hydrogen-bond acceptors (Lipinski definition) is 5. The zero-order chi connectivity index (χ0) is 23.8. The standard InChI is InChI=1S/C25H31N3O3.CHN/c1-28-21-16-20(10-11-22(21)31-24(28)30)19-8-6-18(7-9-19)12-15-27-23(29)17-25(26)13-4-2-3-5-14-25;1-2/h6-11,16H,2-5,12-15,17,26H2,1H3,(H,27,29);1H. The van der Waals surface area contributed by atoms with E-state index >= 15 is 0 Å². The molecule has 1 aliphatic carbocycles. The van der Waals surface area contributed by atoms with Gasteiger partial charge in [0.25, 0.3) is 0 Å². The number of benzene rings is 2. The first-order valence-electron chi connectivity index (χ1n) is 11.4. The first-order valence-corrected chi connectivity index (χ1v) is 11.4. The van der Waals surface area contributed by atoms with Crippen LogP contribution in [0.4, 0.5) is 0 Å². The van der Waals surface area contributed by atoms with Crippen LogP contribution in [0.1, 0.15) is 50.5 Å². The second kappa shape index (κ2) is 11.0. The van der Waals surface area contributed by atoms with Gasteiger partial charge in [0.1, 0.15) is 0 Å². The Hall–Kier alpha value is -3.37. The van der Waals surface area contributed by atoms with Crippen LogP contribution in [0.2, 0.25) is 0 Å². The van der Waals surface area contributed by atoms with E-state index in [9.17, 15) is 9.59 Å². The fourth-order valence-electron chi connectivity index (χ4n) is 4.51. The quantitative estimate of drug-likeness (QED) is 0.553. The van der Waals surface area contributed by atoms with Crippen molar-refractivity contribution in [3.63, 3.8) is 0 Å². The highest BCUT2D eigenvalue weighted by Gasteiger charge is 2.28. The molecule has 1 fully saturated rings. The van der Waals surface area contributed by atoms with E-state index in [1.807, 2.05) is 18.2 Å². The van der Waals surface area contributed by atoms with E-state index in [4.69, 9.17) is 15.4 Å². The Bertz CT molecular complexity index is 1150. The summed E-state index contributed by atoms with van der Waals surface area (Å²) < 4.78 is 6.71. The molecule has 7 nitrogen and oxygen atoms in total. The van der Waals surface area contributed by atoms with Crippen molar-refractivity contribution < 1.29 is 9.21 Å². The molecule has 174 valence electrons. The maximum atomic E-state index is 12.4. The summed E-state index contributed by atoms with van der Waals surface area (Å²) in [7, 11) is 1.71. The Labute approximate surface area is 194 Å². The van der Waals surface area contributed by atoms with Gasteiger partial charge in [-0.1, -0.05) is 56.0 Å². The molecular formula is C26H32N4O3. The van der Waals surface area contributed by atoms with Crippen LogP contribution in [0, 0.1) is 11.8 Å². The Morgan fingerprint density at radius 1 is 1.09 bits per heavy atom. The molecular weight excluding hydrogens is 416 g/mol. The van der Waals surface area contributed by atoms with E-state index in [0.29, 0.717) is 18.5 Å². The van der Waals surface area contributed by atoms with Crippen molar-refractivity contribution in [1.29, 1.82) is 5.26 Å². The lowest BCUT2D eigenvalue weighted by Crippen LogP contribution is -2.44. The van der Waals surface area contributed by atoms with E-state index in [-0.39, 0.29) is 17.2 Å². The highest BCUT2D eigenvalue weighted by atomic mass is 16.4. The van der Waals surface area contributed by atoms with Crippen LogP contribution in [0.15, 0.2) is 51.7 Å². The summed E-state index contributed by atoms with van der Waals surface area (Å²) in [5.41, 5.74) is 10.8. The molecule has 0 unspecified atom stereocenters. The Balaban J connectivity index is 0.00000149. The maximum absolute atomic E-state index is 12.4. The van der Waals surface area contributed by atoms with Crippen LogP contribution < -0.4 is 16.8 Å². The lowest BCUT2D eigenvalue weighted by atomic mass is 9.87. The van der Waals surface area contributed by atoms with Gasteiger partial charge in [0.15, 0.2) is 5.58 Å². The molecule has 0 radical (unpaired) electrons. The van der Waals surface area contributed by atoms with Gasteiger partial charge in [-0.3, -0.25) is 9.36 Å². The molecule has 3 aromatic rings. The summed E-state index contributed by atoms with van der Waals surface area (Å²) in [6.45, 7) is 4.11. The molecule has 0 saturated heterocycles. The van der Waals surface area contributed by atoms with E-state index < -0.39 is 0 Å². The van der Waals surface area contributed by atoms with Crippen molar-refractivity contribution >= 4 is 17.0 Å². The van der Waals surface area contributed by atoms with E-state index in [2.05, 4.69) is 36.2 Å². The zero-order valence-corrected chi connectivity index (χ0v) is 19.2. The van der Waals surface area contributed by atoms with Crippen LogP contribution in [-0.4, -0.2) is 22.6 Å². The molecule has 1 aromatic heterocycles. The van der Waals surface area contributed by atoms with Gasteiger partial charge in [-0.25, -0.2) is 10.1 Å². The van der Waals surface area contributed by atoms with Gasteiger partial charge in [0.05, 0.1) is 5.52 Å². The number of fused-ring (bicyclic) bond motifs is 1. The van der Waals surface area contributed by atoms with Crippen LogP contribution in [0.3, 0.4) is 0 Å². The number of aromatic nitrogens is 1. The topological polar surface area (TPSA) is 114 Å². The molecule has 33 heavy (non-hydrogen) atoms. The molecule has 1 amide bonds. The number of rotatable bonds is 6. The minimum Gasteiger partial charge on any atom is -0.408 e. The zero-order valence-electron chi connectivity index (χ0n) is 19.2. The number of nitrogens with one attached hydrogen (secondary N) is 1. The average Bonchev–Trinajstić information content (AvgIpc) is 2.96. The molecule has 1 aliphatic rings. The van der Waals surface area contributed by atoms with Crippen molar-refractivity contribution in [3.8, 4) is 17.7 Å². The summed E-state index contributed by atoms with van der Waals surface area (Å²) in [5.74, 6) is -0.302. The first-order chi connectivity index (χ1) is 15.9. The molecule has 3 N–H and O–H groups in total. The summed E-state index contributed by atoms with van der Waals surface area (Å²) in [5, 5.41) is 9.54. The molecule has 0 bridgehead atoms. The normalized spacial score (nSPS) is 15.3. The second-order valence-electron chi connectivity index (χ2n) is 8.86. The lowest BCUT2D eigenvalue weighted by Gasteiger charge is -2.27. The van der Waals surface area contributed by atoms with Gasteiger partial charge < -0.3 is 15.5 Å². The maximum Gasteiger partial charge on any atom is 0.419 e. The lowest BCUT2D eigenvalue weighted by molar-refractivity contribution is -0.122. The molecule has 0 aliphatic heterocycles. The number of nitrogens with zero attached hydrogens (tertiary/aromatic N) is 2. The van der Waals surface area contributed by atoms with Crippen LogP contribution in [0.5, 0.6) is 0 Å². The summed E-state index contributed by atoms with van der Waals surface area (Å²) in [6, 6.07) is 14.0. The summed E-state index contributed by atoms with van der Waals surface area (Å²) in [4.78, 5) is 24.1. The van der Waals surface area contributed by atoms with Crippen molar-refractivity contribution in [3.05, 3.63) is 58.6 Å². The molecule has 1 heterocycles. The van der Waals surface area contributed by atoms with Crippen molar-refractivity contribution in [2.45, 2.75) is 56.9 Å².